The number of hydrogen-bond acceptors (Lipinski definition) is 5. The number of carbonyl (C=O) groups is 1. The first-order valence-electron chi connectivity index (χ1n) is 7.05. The Hall–Kier alpha value is -2.28. The number of aromatic nitrogens is 4. The summed E-state index contributed by atoms with van der Waals surface area (Å²) in [7, 11) is 0. The highest BCUT2D eigenvalue weighted by atomic mass is 16.2. The van der Waals surface area contributed by atoms with Gasteiger partial charge < -0.3 is 4.57 Å². The van der Waals surface area contributed by atoms with Crippen LogP contribution in [0, 0.1) is 5.92 Å². The normalized spacial score (nSPS) is 15.7. The van der Waals surface area contributed by atoms with Gasteiger partial charge in [0, 0.05) is 36.3 Å². The lowest BCUT2D eigenvalue weighted by Gasteiger charge is -2.12. The van der Waals surface area contributed by atoms with E-state index < -0.39 is 0 Å². The molecule has 1 unspecified atom stereocenters. The summed E-state index contributed by atoms with van der Waals surface area (Å²) in [5, 5.41) is 8.59. The van der Waals surface area contributed by atoms with Crippen molar-refractivity contribution in [2.75, 3.05) is 0 Å². The number of rotatable bonds is 5. The molecule has 0 aromatic carbocycles. The highest BCUT2D eigenvalue weighted by Crippen LogP contribution is 2.39. The van der Waals surface area contributed by atoms with Crippen molar-refractivity contribution in [2.24, 2.45) is 11.8 Å². The van der Waals surface area contributed by atoms with Gasteiger partial charge in [0.05, 0.1) is 0 Å². The third kappa shape index (κ3) is 2.78. The maximum absolute atomic E-state index is 11.6. The Bertz CT molecular complexity index is 634. The van der Waals surface area contributed by atoms with Crippen LogP contribution in [0.1, 0.15) is 31.6 Å². The number of nitrogens with zero attached hydrogens (tertiary/aromatic N) is 4. The van der Waals surface area contributed by atoms with Crippen molar-refractivity contribution < 1.29 is 4.79 Å². The number of pyridine rings is 1. The molecule has 1 aliphatic carbocycles. The second-order valence-corrected chi connectivity index (χ2v) is 5.39. The van der Waals surface area contributed by atoms with Crippen molar-refractivity contribution in [3.63, 3.8) is 0 Å². The molecule has 21 heavy (non-hydrogen) atoms. The largest absolute Gasteiger partial charge is 0.308 e. The number of nitrogens with two attached hydrogens (primary N) is 1. The third-order valence-corrected chi connectivity index (χ3v) is 3.70. The summed E-state index contributed by atoms with van der Waals surface area (Å²) in [6.45, 7) is 1.83. The van der Waals surface area contributed by atoms with Crippen LogP contribution in [0.15, 0.2) is 24.5 Å². The fourth-order valence-electron chi connectivity index (χ4n) is 2.39. The van der Waals surface area contributed by atoms with Crippen molar-refractivity contribution in [3.05, 3.63) is 30.4 Å². The molecule has 2 heterocycles. The molecule has 1 fully saturated rings. The van der Waals surface area contributed by atoms with Crippen LogP contribution in [0.25, 0.3) is 11.4 Å². The Morgan fingerprint density at radius 3 is 2.76 bits per heavy atom. The fraction of sp³-hybridized carbons (Fsp3) is 0.429. The molecule has 0 bridgehead atoms. The first-order chi connectivity index (χ1) is 10.2. The summed E-state index contributed by atoms with van der Waals surface area (Å²) in [6.07, 6.45) is 6.26. The molecule has 1 amide bonds. The smallest absolute Gasteiger partial charge is 0.237 e. The van der Waals surface area contributed by atoms with E-state index in [2.05, 4.69) is 25.2 Å². The van der Waals surface area contributed by atoms with Gasteiger partial charge in [-0.15, -0.1) is 10.2 Å². The molecule has 3 N–H and O–H groups in total. The van der Waals surface area contributed by atoms with Crippen molar-refractivity contribution >= 4 is 5.91 Å². The molecule has 1 saturated carbocycles. The summed E-state index contributed by atoms with van der Waals surface area (Å²) in [5.41, 5.74) is 3.18. The molecule has 3 rings (SSSR count). The van der Waals surface area contributed by atoms with Crippen molar-refractivity contribution in [3.8, 4) is 11.4 Å². The number of hydrogen-bond donors (Lipinski definition) is 2. The van der Waals surface area contributed by atoms with Gasteiger partial charge in [-0.2, -0.15) is 0 Å². The standard InChI is InChI=1S/C14H18N6O/c1-9(14(21)17-15)8-12-18-19-13(20(12)11-2-3-11)10-4-6-16-7-5-10/h4-7,9,11H,2-3,8,15H2,1H3,(H,17,21). The average molecular weight is 286 g/mol. The highest BCUT2D eigenvalue weighted by molar-refractivity contribution is 5.77. The molecule has 0 radical (unpaired) electrons. The molecule has 0 aliphatic heterocycles. The third-order valence-electron chi connectivity index (χ3n) is 3.70. The van der Waals surface area contributed by atoms with Crippen LogP contribution in [0.2, 0.25) is 0 Å². The lowest BCUT2D eigenvalue weighted by Crippen LogP contribution is -2.35. The van der Waals surface area contributed by atoms with Crippen LogP contribution in [-0.4, -0.2) is 25.7 Å². The zero-order chi connectivity index (χ0) is 14.8. The lowest BCUT2D eigenvalue weighted by atomic mass is 10.1. The van der Waals surface area contributed by atoms with E-state index in [1.165, 1.54) is 0 Å². The van der Waals surface area contributed by atoms with Crippen molar-refractivity contribution in [2.45, 2.75) is 32.2 Å². The summed E-state index contributed by atoms with van der Waals surface area (Å²) in [5.74, 6) is 6.44. The van der Waals surface area contributed by atoms with Crippen LogP contribution < -0.4 is 11.3 Å². The Morgan fingerprint density at radius 1 is 1.43 bits per heavy atom. The Labute approximate surface area is 122 Å². The molecule has 2 aromatic heterocycles. The maximum Gasteiger partial charge on any atom is 0.237 e. The van der Waals surface area contributed by atoms with Crippen LogP contribution >= 0.6 is 0 Å². The summed E-state index contributed by atoms with van der Waals surface area (Å²) in [4.78, 5) is 15.6. The van der Waals surface area contributed by atoms with Gasteiger partial charge in [-0.05, 0) is 25.0 Å². The molecule has 2 aromatic rings. The quantitative estimate of drug-likeness (QED) is 0.482. The molecule has 1 atom stereocenters. The summed E-state index contributed by atoms with van der Waals surface area (Å²) in [6, 6.07) is 4.28. The molecule has 0 saturated heterocycles. The van der Waals surface area contributed by atoms with Gasteiger partial charge in [0.25, 0.3) is 0 Å². The van der Waals surface area contributed by atoms with Gasteiger partial charge in [0.15, 0.2) is 5.82 Å². The summed E-state index contributed by atoms with van der Waals surface area (Å²) >= 11 is 0. The zero-order valence-electron chi connectivity index (χ0n) is 11.9. The van der Waals surface area contributed by atoms with Gasteiger partial charge in [0.1, 0.15) is 5.82 Å². The van der Waals surface area contributed by atoms with Gasteiger partial charge >= 0.3 is 0 Å². The number of hydrazine groups is 1. The minimum atomic E-state index is -0.234. The van der Waals surface area contributed by atoms with E-state index in [0.29, 0.717) is 12.5 Å². The monoisotopic (exact) mass is 286 g/mol. The second kappa shape index (κ2) is 5.61. The fourth-order valence-corrected chi connectivity index (χ4v) is 2.39. The van der Waals surface area contributed by atoms with Crippen molar-refractivity contribution in [1.82, 2.24) is 25.2 Å². The van der Waals surface area contributed by atoms with E-state index in [9.17, 15) is 4.79 Å². The van der Waals surface area contributed by atoms with Crippen LogP contribution in [0.5, 0.6) is 0 Å². The summed E-state index contributed by atoms with van der Waals surface area (Å²) < 4.78 is 2.15. The molecular formula is C14H18N6O. The zero-order valence-corrected chi connectivity index (χ0v) is 11.9. The van der Waals surface area contributed by atoms with E-state index in [0.717, 1.165) is 30.1 Å². The lowest BCUT2D eigenvalue weighted by molar-refractivity contribution is -0.124. The second-order valence-electron chi connectivity index (χ2n) is 5.39. The molecular weight excluding hydrogens is 268 g/mol. The van der Waals surface area contributed by atoms with E-state index in [1.54, 1.807) is 12.4 Å². The first kappa shape index (κ1) is 13.7. The molecule has 0 spiro atoms. The van der Waals surface area contributed by atoms with Crippen LogP contribution in [0.3, 0.4) is 0 Å². The van der Waals surface area contributed by atoms with Gasteiger partial charge in [-0.1, -0.05) is 6.92 Å². The van der Waals surface area contributed by atoms with E-state index >= 15 is 0 Å². The molecule has 7 nitrogen and oxygen atoms in total. The predicted molar refractivity (Wildman–Crippen MR) is 76.7 cm³/mol. The van der Waals surface area contributed by atoms with E-state index in [-0.39, 0.29) is 11.8 Å². The number of carbonyl (C=O) groups excluding carboxylic acids is 1. The van der Waals surface area contributed by atoms with E-state index in [1.807, 2.05) is 19.1 Å². The molecule has 1 aliphatic rings. The van der Waals surface area contributed by atoms with Gasteiger partial charge in [-0.3, -0.25) is 15.2 Å². The Kier molecular flexibility index (Phi) is 3.66. The number of amides is 1. The SMILES string of the molecule is CC(Cc1nnc(-c2ccncc2)n1C1CC1)C(=O)NN. The molecule has 7 heteroatoms. The minimum Gasteiger partial charge on any atom is -0.308 e. The number of nitrogens with one attached hydrogen (secondary N) is 1. The van der Waals surface area contributed by atoms with Gasteiger partial charge in [0.2, 0.25) is 5.91 Å². The van der Waals surface area contributed by atoms with Crippen LogP contribution in [0.4, 0.5) is 0 Å². The molecule has 110 valence electrons. The predicted octanol–water partition coefficient (Wildman–Crippen LogP) is 0.844. The maximum atomic E-state index is 11.6. The minimum absolute atomic E-state index is 0.189. The first-order valence-corrected chi connectivity index (χ1v) is 7.05. The van der Waals surface area contributed by atoms with Crippen LogP contribution in [-0.2, 0) is 11.2 Å². The highest BCUT2D eigenvalue weighted by Gasteiger charge is 2.30. The van der Waals surface area contributed by atoms with Gasteiger partial charge in [-0.25, -0.2) is 5.84 Å². The Balaban J connectivity index is 1.92. The topological polar surface area (TPSA) is 98.7 Å². The van der Waals surface area contributed by atoms with E-state index in [4.69, 9.17) is 5.84 Å². The Morgan fingerprint density at radius 2 is 2.14 bits per heavy atom. The van der Waals surface area contributed by atoms with Crippen molar-refractivity contribution in [1.29, 1.82) is 0 Å². The average Bonchev–Trinajstić information content (AvgIpc) is 3.28.